The number of aliphatic imine (C=N–C) groups is 1. The molecule has 4 nitrogen and oxygen atoms in total. The van der Waals surface area contributed by atoms with Gasteiger partial charge in [0, 0.05) is 7.05 Å². The van der Waals surface area contributed by atoms with E-state index in [1.165, 1.54) is 6.07 Å². The molecule has 5 heteroatoms. The molecule has 0 aromatic heterocycles. The van der Waals surface area contributed by atoms with E-state index in [0.717, 1.165) is 5.56 Å². The zero-order chi connectivity index (χ0) is 12.1. The van der Waals surface area contributed by atoms with Crippen LogP contribution in [0.3, 0.4) is 0 Å². The fraction of sp³-hybridized carbons (Fsp3) is 0.273. The molecular formula is C11H14FN3O. The van der Waals surface area contributed by atoms with Gasteiger partial charge in [0.25, 0.3) is 0 Å². The van der Waals surface area contributed by atoms with Gasteiger partial charge >= 0.3 is 6.03 Å². The van der Waals surface area contributed by atoms with E-state index < -0.39 is 11.8 Å². The first kappa shape index (κ1) is 12.2. The SMILES string of the molecule is CN=C(C)NC(=O)Nc1cc(C)ccc1F. The predicted molar refractivity (Wildman–Crippen MR) is 62.3 cm³/mol. The van der Waals surface area contributed by atoms with Crippen molar-refractivity contribution in [2.24, 2.45) is 4.99 Å². The number of nitrogens with one attached hydrogen (secondary N) is 2. The topological polar surface area (TPSA) is 53.5 Å². The molecule has 0 radical (unpaired) electrons. The molecule has 0 unspecified atom stereocenters. The van der Waals surface area contributed by atoms with Crippen LogP contribution in [-0.4, -0.2) is 18.9 Å². The second-order valence-corrected chi connectivity index (χ2v) is 3.37. The van der Waals surface area contributed by atoms with Gasteiger partial charge in [0.15, 0.2) is 0 Å². The standard InChI is InChI=1S/C11H14FN3O/c1-7-4-5-9(12)10(6-7)15-11(16)14-8(2)13-3/h4-6H,1-3H3,(H2,13,14,15,16). The molecule has 0 saturated carbocycles. The largest absolute Gasteiger partial charge is 0.324 e. The number of urea groups is 1. The maximum atomic E-state index is 13.3. The Morgan fingerprint density at radius 3 is 2.75 bits per heavy atom. The number of halogens is 1. The number of carbonyl (C=O) groups excluding carboxylic acids is 1. The van der Waals surface area contributed by atoms with E-state index in [1.54, 1.807) is 26.1 Å². The van der Waals surface area contributed by atoms with Crippen LogP contribution in [0, 0.1) is 12.7 Å². The number of carbonyl (C=O) groups is 1. The number of anilines is 1. The van der Waals surface area contributed by atoms with E-state index in [-0.39, 0.29) is 5.69 Å². The first-order valence-corrected chi connectivity index (χ1v) is 4.80. The zero-order valence-corrected chi connectivity index (χ0v) is 9.47. The normalized spacial score (nSPS) is 11.1. The van der Waals surface area contributed by atoms with E-state index in [2.05, 4.69) is 15.6 Å². The molecule has 0 aliphatic heterocycles. The molecule has 86 valence electrons. The lowest BCUT2D eigenvalue weighted by molar-refractivity contribution is 0.256. The maximum Gasteiger partial charge on any atom is 0.324 e. The second kappa shape index (κ2) is 5.25. The summed E-state index contributed by atoms with van der Waals surface area (Å²) in [6.45, 7) is 3.47. The van der Waals surface area contributed by atoms with Crippen molar-refractivity contribution in [1.82, 2.24) is 5.32 Å². The minimum atomic E-state index is -0.507. The lowest BCUT2D eigenvalue weighted by Crippen LogP contribution is -2.32. The molecule has 0 bridgehead atoms. The summed E-state index contributed by atoms with van der Waals surface area (Å²) < 4.78 is 13.3. The first-order valence-electron chi connectivity index (χ1n) is 4.80. The molecule has 0 spiro atoms. The van der Waals surface area contributed by atoms with Crippen molar-refractivity contribution in [1.29, 1.82) is 0 Å². The molecule has 2 N–H and O–H groups in total. The number of nitrogens with zero attached hydrogens (tertiary/aromatic N) is 1. The number of amides is 2. The van der Waals surface area contributed by atoms with Gasteiger partial charge in [-0.1, -0.05) is 6.07 Å². The van der Waals surface area contributed by atoms with Gasteiger partial charge in [-0.05, 0) is 31.5 Å². The van der Waals surface area contributed by atoms with Crippen LogP contribution in [0.25, 0.3) is 0 Å². The Kier molecular flexibility index (Phi) is 3.99. The molecule has 0 atom stereocenters. The van der Waals surface area contributed by atoms with Gasteiger partial charge in [0.1, 0.15) is 11.7 Å². The minimum absolute atomic E-state index is 0.154. The van der Waals surface area contributed by atoms with Gasteiger partial charge < -0.3 is 5.32 Å². The Morgan fingerprint density at radius 2 is 2.12 bits per heavy atom. The molecule has 16 heavy (non-hydrogen) atoms. The smallest absolute Gasteiger partial charge is 0.305 e. The minimum Gasteiger partial charge on any atom is -0.305 e. The summed E-state index contributed by atoms with van der Waals surface area (Å²) in [6, 6.07) is 4.00. The average Bonchev–Trinajstić information content (AvgIpc) is 2.23. The van der Waals surface area contributed by atoms with Crippen LogP contribution in [-0.2, 0) is 0 Å². The molecular weight excluding hydrogens is 209 g/mol. The summed E-state index contributed by atoms with van der Waals surface area (Å²) in [6.07, 6.45) is 0. The molecule has 0 aliphatic carbocycles. The van der Waals surface area contributed by atoms with Crippen LogP contribution in [0.2, 0.25) is 0 Å². The van der Waals surface area contributed by atoms with Crippen LogP contribution in [0.5, 0.6) is 0 Å². The van der Waals surface area contributed by atoms with E-state index in [0.29, 0.717) is 5.84 Å². The Morgan fingerprint density at radius 1 is 1.44 bits per heavy atom. The summed E-state index contributed by atoms with van der Waals surface area (Å²) in [7, 11) is 1.56. The monoisotopic (exact) mass is 223 g/mol. The third kappa shape index (κ3) is 3.34. The molecule has 0 heterocycles. The number of hydrogen-bond donors (Lipinski definition) is 2. The third-order valence-corrected chi connectivity index (χ3v) is 2.00. The molecule has 1 aromatic rings. The van der Waals surface area contributed by atoms with Crippen molar-refractivity contribution in [3.05, 3.63) is 29.6 Å². The van der Waals surface area contributed by atoms with Gasteiger partial charge in [-0.3, -0.25) is 10.3 Å². The molecule has 1 aromatic carbocycles. The number of aryl methyl sites for hydroxylation is 1. The predicted octanol–water partition coefficient (Wildman–Crippen LogP) is 2.30. The fourth-order valence-electron chi connectivity index (χ4n) is 1.11. The van der Waals surface area contributed by atoms with Gasteiger partial charge in [0.2, 0.25) is 0 Å². The third-order valence-electron chi connectivity index (χ3n) is 2.00. The summed E-state index contributed by atoms with van der Waals surface area (Å²) in [5.41, 5.74) is 1.03. The summed E-state index contributed by atoms with van der Waals surface area (Å²) in [4.78, 5) is 15.1. The van der Waals surface area contributed by atoms with E-state index in [4.69, 9.17) is 0 Å². The highest BCUT2D eigenvalue weighted by molar-refractivity contribution is 6.02. The number of benzene rings is 1. The highest BCUT2D eigenvalue weighted by atomic mass is 19.1. The lowest BCUT2D eigenvalue weighted by Gasteiger charge is -2.08. The average molecular weight is 223 g/mol. The van der Waals surface area contributed by atoms with Gasteiger partial charge in [-0.25, -0.2) is 9.18 Å². The van der Waals surface area contributed by atoms with Crippen molar-refractivity contribution in [2.45, 2.75) is 13.8 Å². The number of hydrogen-bond acceptors (Lipinski definition) is 2. The van der Waals surface area contributed by atoms with Gasteiger partial charge in [0.05, 0.1) is 5.69 Å². The Hall–Kier alpha value is -1.91. The van der Waals surface area contributed by atoms with Crippen LogP contribution >= 0.6 is 0 Å². The summed E-state index contributed by atoms with van der Waals surface area (Å²) >= 11 is 0. The Labute approximate surface area is 93.6 Å². The Balaban J connectivity index is 2.73. The Bertz CT molecular complexity index is 429. The van der Waals surface area contributed by atoms with Crippen LogP contribution in [0.15, 0.2) is 23.2 Å². The van der Waals surface area contributed by atoms with E-state index in [9.17, 15) is 9.18 Å². The molecule has 0 aliphatic rings. The molecule has 2 amide bonds. The van der Waals surface area contributed by atoms with Crippen molar-refractivity contribution in [2.75, 3.05) is 12.4 Å². The zero-order valence-electron chi connectivity index (χ0n) is 9.47. The van der Waals surface area contributed by atoms with Crippen molar-refractivity contribution >= 4 is 17.6 Å². The van der Waals surface area contributed by atoms with Gasteiger partial charge in [-0.2, -0.15) is 0 Å². The molecule has 0 saturated heterocycles. The fourth-order valence-corrected chi connectivity index (χ4v) is 1.11. The molecule has 1 rings (SSSR count). The van der Waals surface area contributed by atoms with Crippen LogP contribution in [0.4, 0.5) is 14.9 Å². The number of rotatable bonds is 1. The van der Waals surface area contributed by atoms with Gasteiger partial charge in [-0.15, -0.1) is 0 Å². The first-order chi connectivity index (χ1) is 7.52. The van der Waals surface area contributed by atoms with E-state index >= 15 is 0 Å². The van der Waals surface area contributed by atoms with Crippen molar-refractivity contribution in [3.8, 4) is 0 Å². The molecule has 0 fully saturated rings. The van der Waals surface area contributed by atoms with Crippen molar-refractivity contribution < 1.29 is 9.18 Å². The van der Waals surface area contributed by atoms with Crippen LogP contribution < -0.4 is 10.6 Å². The maximum absolute atomic E-state index is 13.3. The quantitative estimate of drug-likeness (QED) is 0.557. The summed E-state index contributed by atoms with van der Waals surface area (Å²) in [5.74, 6) is -0.00241. The van der Waals surface area contributed by atoms with Crippen molar-refractivity contribution in [3.63, 3.8) is 0 Å². The number of amidine groups is 1. The summed E-state index contributed by atoms with van der Waals surface area (Å²) in [5, 5.41) is 4.87. The highest BCUT2D eigenvalue weighted by Gasteiger charge is 2.06. The second-order valence-electron chi connectivity index (χ2n) is 3.37. The van der Waals surface area contributed by atoms with Crippen LogP contribution in [0.1, 0.15) is 12.5 Å². The van der Waals surface area contributed by atoms with E-state index in [1.807, 2.05) is 6.92 Å². The highest BCUT2D eigenvalue weighted by Crippen LogP contribution is 2.15. The lowest BCUT2D eigenvalue weighted by atomic mass is 10.2.